The van der Waals surface area contributed by atoms with E-state index in [9.17, 15) is 4.79 Å². The summed E-state index contributed by atoms with van der Waals surface area (Å²) in [6, 6.07) is 5.24. The molecule has 1 aromatic rings. The standard InChI is InChI=1S/C16H26N2O3/c1-12(2)7-10-21-14-6-5-13(11-15(14)20-4)16(19)18-9-8-17-3/h5-6,11-12,17H,7-10H2,1-4H3,(H,18,19). The number of rotatable bonds is 9. The molecule has 118 valence electrons. The highest BCUT2D eigenvalue weighted by molar-refractivity contribution is 5.94. The summed E-state index contributed by atoms with van der Waals surface area (Å²) in [4.78, 5) is 12.0. The van der Waals surface area contributed by atoms with E-state index in [2.05, 4.69) is 24.5 Å². The van der Waals surface area contributed by atoms with Gasteiger partial charge in [-0.05, 0) is 37.6 Å². The predicted molar refractivity (Wildman–Crippen MR) is 84.2 cm³/mol. The molecular formula is C16H26N2O3. The normalized spacial score (nSPS) is 10.5. The third kappa shape index (κ3) is 6.04. The van der Waals surface area contributed by atoms with Crippen LogP contribution in [0.25, 0.3) is 0 Å². The number of carbonyl (C=O) groups excluding carboxylic acids is 1. The van der Waals surface area contributed by atoms with Gasteiger partial charge in [0.05, 0.1) is 13.7 Å². The number of nitrogens with one attached hydrogen (secondary N) is 2. The van der Waals surface area contributed by atoms with Crippen LogP contribution in [0, 0.1) is 5.92 Å². The molecule has 5 nitrogen and oxygen atoms in total. The van der Waals surface area contributed by atoms with Crippen LogP contribution in [0.1, 0.15) is 30.6 Å². The number of hydrogen-bond donors (Lipinski definition) is 2. The molecule has 1 amide bonds. The molecule has 5 heteroatoms. The molecule has 1 rings (SSSR count). The predicted octanol–water partition coefficient (Wildman–Crippen LogP) is 2.07. The largest absolute Gasteiger partial charge is 0.493 e. The lowest BCUT2D eigenvalue weighted by molar-refractivity contribution is 0.0953. The highest BCUT2D eigenvalue weighted by Gasteiger charge is 2.11. The van der Waals surface area contributed by atoms with E-state index in [1.807, 2.05) is 7.05 Å². The SMILES string of the molecule is CNCCNC(=O)c1ccc(OCCC(C)C)c(OC)c1. The number of amides is 1. The van der Waals surface area contributed by atoms with Crippen molar-refractivity contribution in [3.05, 3.63) is 23.8 Å². The minimum Gasteiger partial charge on any atom is -0.493 e. The Morgan fingerprint density at radius 3 is 2.62 bits per heavy atom. The zero-order valence-electron chi connectivity index (χ0n) is 13.4. The number of methoxy groups -OCH3 is 1. The zero-order chi connectivity index (χ0) is 15.7. The summed E-state index contributed by atoms with van der Waals surface area (Å²) in [5.41, 5.74) is 0.569. The topological polar surface area (TPSA) is 59.6 Å². The van der Waals surface area contributed by atoms with Crippen molar-refractivity contribution in [3.8, 4) is 11.5 Å². The molecule has 0 unspecified atom stereocenters. The van der Waals surface area contributed by atoms with Crippen molar-refractivity contribution in [3.63, 3.8) is 0 Å². The van der Waals surface area contributed by atoms with Gasteiger partial charge in [-0.2, -0.15) is 0 Å². The molecule has 2 N–H and O–H groups in total. The molecule has 0 radical (unpaired) electrons. The molecule has 21 heavy (non-hydrogen) atoms. The Kier molecular flexibility index (Phi) is 7.61. The third-order valence-corrected chi connectivity index (χ3v) is 3.04. The summed E-state index contributed by atoms with van der Waals surface area (Å²) in [5, 5.41) is 5.81. The van der Waals surface area contributed by atoms with Gasteiger partial charge in [-0.15, -0.1) is 0 Å². The summed E-state index contributed by atoms with van der Waals surface area (Å²) >= 11 is 0. The molecule has 0 saturated carbocycles. The first-order chi connectivity index (χ1) is 10.1. The lowest BCUT2D eigenvalue weighted by Crippen LogP contribution is -2.30. The Labute approximate surface area is 127 Å². The molecule has 0 heterocycles. The van der Waals surface area contributed by atoms with E-state index in [-0.39, 0.29) is 5.91 Å². The average Bonchev–Trinajstić information content (AvgIpc) is 2.47. The molecule has 0 fully saturated rings. The van der Waals surface area contributed by atoms with Crippen LogP contribution in [-0.2, 0) is 0 Å². The monoisotopic (exact) mass is 294 g/mol. The smallest absolute Gasteiger partial charge is 0.251 e. The quantitative estimate of drug-likeness (QED) is 0.685. The summed E-state index contributed by atoms with van der Waals surface area (Å²) in [6.07, 6.45) is 0.982. The van der Waals surface area contributed by atoms with E-state index in [0.717, 1.165) is 13.0 Å². The van der Waals surface area contributed by atoms with Crippen LogP contribution >= 0.6 is 0 Å². The van der Waals surface area contributed by atoms with Gasteiger partial charge >= 0.3 is 0 Å². The highest BCUT2D eigenvalue weighted by atomic mass is 16.5. The molecule has 0 aliphatic heterocycles. The molecule has 0 bridgehead atoms. The summed E-state index contributed by atoms with van der Waals surface area (Å²) in [7, 11) is 3.42. The highest BCUT2D eigenvalue weighted by Crippen LogP contribution is 2.28. The van der Waals surface area contributed by atoms with Crippen molar-refractivity contribution in [1.82, 2.24) is 10.6 Å². The Bertz CT molecular complexity index is 447. The van der Waals surface area contributed by atoms with Crippen LogP contribution in [-0.4, -0.2) is 39.8 Å². The first-order valence-corrected chi connectivity index (χ1v) is 7.32. The number of ether oxygens (including phenoxy) is 2. The van der Waals surface area contributed by atoms with E-state index in [0.29, 0.717) is 36.1 Å². The zero-order valence-corrected chi connectivity index (χ0v) is 13.4. The lowest BCUT2D eigenvalue weighted by Gasteiger charge is -2.13. The number of hydrogen-bond acceptors (Lipinski definition) is 4. The number of likely N-dealkylation sites (N-methyl/N-ethyl adjacent to an activating group) is 1. The second kappa shape index (κ2) is 9.23. The second-order valence-corrected chi connectivity index (χ2v) is 5.26. The summed E-state index contributed by atoms with van der Waals surface area (Å²) < 4.78 is 11.0. The van der Waals surface area contributed by atoms with Gasteiger partial charge in [0.15, 0.2) is 11.5 Å². The van der Waals surface area contributed by atoms with Crippen molar-refractivity contribution < 1.29 is 14.3 Å². The minimum absolute atomic E-state index is 0.114. The molecular weight excluding hydrogens is 268 g/mol. The Morgan fingerprint density at radius 1 is 1.24 bits per heavy atom. The molecule has 1 aromatic carbocycles. The Balaban J connectivity index is 2.66. The van der Waals surface area contributed by atoms with Gasteiger partial charge in [-0.3, -0.25) is 4.79 Å². The molecule has 0 saturated heterocycles. The van der Waals surface area contributed by atoms with Crippen LogP contribution in [0.3, 0.4) is 0 Å². The second-order valence-electron chi connectivity index (χ2n) is 5.26. The van der Waals surface area contributed by atoms with E-state index in [1.54, 1.807) is 25.3 Å². The van der Waals surface area contributed by atoms with Crippen molar-refractivity contribution in [2.45, 2.75) is 20.3 Å². The minimum atomic E-state index is -0.114. The maximum absolute atomic E-state index is 12.0. The summed E-state index contributed by atoms with van der Waals surface area (Å²) in [5.74, 6) is 1.73. The molecule has 0 spiro atoms. The first kappa shape index (κ1) is 17.3. The number of carbonyl (C=O) groups is 1. The molecule has 0 aliphatic carbocycles. The fraction of sp³-hybridized carbons (Fsp3) is 0.562. The van der Waals surface area contributed by atoms with Gasteiger partial charge in [0.25, 0.3) is 5.91 Å². The lowest BCUT2D eigenvalue weighted by atomic mass is 10.1. The van der Waals surface area contributed by atoms with Gasteiger partial charge in [-0.25, -0.2) is 0 Å². The molecule has 0 aromatic heterocycles. The van der Waals surface area contributed by atoms with Gasteiger partial charge in [0.1, 0.15) is 0 Å². The Morgan fingerprint density at radius 2 is 2.00 bits per heavy atom. The van der Waals surface area contributed by atoms with E-state index in [1.165, 1.54) is 0 Å². The maximum Gasteiger partial charge on any atom is 0.251 e. The van der Waals surface area contributed by atoms with Crippen molar-refractivity contribution in [1.29, 1.82) is 0 Å². The van der Waals surface area contributed by atoms with Gasteiger partial charge in [0, 0.05) is 18.7 Å². The van der Waals surface area contributed by atoms with Crippen molar-refractivity contribution in [2.75, 3.05) is 33.9 Å². The third-order valence-electron chi connectivity index (χ3n) is 3.04. The van der Waals surface area contributed by atoms with Gasteiger partial charge in [0.2, 0.25) is 0 Å². The number of benzene rings is 1. The van der Waals surface area contributed by atoms with Gasteiger partial charge in [-0.1, -0.05) is 13.8 Å². The molecule has 0 atom stereocenters. The van der Waals surface area contributed by atoms with Crippen LogP contribution in [0.2, 0.25) is 0 Å². The Hall–Kier alpha value is -1.75. The van der Waals surface area contributed by atoms with Crippen LogP contribution < -0.4 is 20.1 Å². The van der Waals surface area contributed by atoms with Crippen LogP contribution in [0.5, 0.6) is 11.5 Å². The van der Waals surface area contributed by atoms with Crippen molar-refractivity contribution >= 4 is 5.91 Å². The van der Waals surface area contributed by atoms with Crippen molar-refractivity contribution in [2.24, 2.45) is 5.92 Å². The average molecular weight is 294 g/mol. The van der Waals surface area contributed by atoms with Crippen LogP contribution in [0.15, 0.2) is 18.2 Å². The molecule has 0 aliphatic rings. The first-order valence-electron chi connectivity index (χ1n) is 7.32. The van der Waals surface area contributed by atoms with E-state index in [4.69, 9.17) is 9.47 Å². The van der Waals surface area contributed by atoms with E-state index >= 15 is 0 Å². The van der Waals surface area contributed by atoms with E-state index < -0.39 is 0 Å². The fourth-order valence-electron chi connectivity index (χ4n) is 1.74. The van der Waals surface area contributed by atoms with Crippen LogP contribution in [0.4, 0.5) is 0 Å². The fourth-order valence-corrected chi connectivity index (χ4v) is 1.74. The maximum atomic E-state index is 12.0. The van der Waals surface area contributed by atoms with Gasteiger partial charge < -0.3 is 20.1 Å². The summed E-state index contributed by atoms with van der Waals surface area (Å²) in [6.45, 7) is 6.27.